The smallest absolute Gasteiger partial charge is 0.191 e. The zero-order valence-corrected chi connectivity index (χ0v) is 16.9. The van der Waals surface area contributed by atoms with E-state index in [-0.39, 0.29) is 24.0 Å². The molecular formula is C18H27IN4O. The number of benzene rings is 1. The molecule has 0 saturated heterocycles. The van der Waals surface area contributed by atoms with E-state index in [2.05, 4.69) is 65.8 Å². The molecule has 6 heteroatoms. The number of hydrogen-bond donors (Lipinski definition) is 2. The first-order valence-electron chi connectivity index (χ1n) is 7.94. The lowest BCUT2D eigenvalue weighted by Crippen LogP contribution is -2.36. The lowest BCUT2D eigenvalue weighted by Gasteiger charge is -2.11. The van der Waals surface area contributed by atoms with Crippen LogP contribution in [0.5, 0.6) is 0 Å². The maximum Gasteiger partial charge on any atom is 0.191 e. The molecule has 24 heavy (non-hydrogen) atoms. The van der Waals surface area contributed by atoms with Crippen molar-refractivity contribution in [2.24, 2.45) is 4.99 Å². The summed E-state index contributed by atoms with van der Waals surface area (Å²) in [5.41, 5.74) is 2.51. The minimum absolute atomic E-state index is 0. The van der Waals surface area contributed by atoms with Gasteiger partial charge in [0.15, 0.2) is 5.96 Å². The van der Waals surface area contributed by atoms with Gasteiger partial charge in [0.05, 0.1) is 19.4 Å². The van der Waals surface area contributed by atoms with Gasteiger partial charge in [-0.2, -0.15) is 0 Å². The monoisotopic (exact) mass is 442 g/mol. The third-order valence-corrected chi connectivity index (χ3v) is 3.30. The lowest BCUT2D eigenvalue weighted by molar-refractivity contribution is 0.402. The fraction of sp³-hybridized carbons (Fsp3) is 0.389. The standard InChI is InChI=1S/C18H26N4O.HI/c1-4-19-18(21-13-17-6-5-11-23-17)20-12-15-7-9-16(10-8-15)14-22(2)3;/h5-11H,4,12-14H2,1-3H3,(H2,19,20,21);1H. The van der Waals surface area contributed by atoms with Crippen LogP contribution < -0.4 is 10.6 Å². The summed E-state index contributed by atoms with van der Waals surface area (Å²) in [5, 5.41) is 6.51. The third-order valence-electron chi connectivity index (χ3n) is 3.30. The molecule has 2 N–H and O–H groups in total. The summed E-state index contributed by atoms with van der Waals surface area (Å²) in [6, 6.07) is 12.4. The first-order chi connectivity index (χ1) is 11.2. The number of rotatable bonds is 7. The van der Waals surface area contributed by atoms with Crippen molar-refractivity contribution in [3.05, 3.63) is 59.5 Å². The Bertz CT molecular complexity index is 594. The van der Waals surface area contributed by atoms with Gasteiger partial charge < -0.3 is 20.0 Å². The predicted molar refractivity (Wildman–Crippen MR) is 110 cm³/mol. The second-order valence-corrected chi connectivity index (χ2v) is 5.68. The zero-order chi connectivity index (χ0) is 16.5. The Hall–Kier alpha value is -1.54. The first kappa shape index (κ1) is 20.5. The van der Waals surface area contributed by atoms with Crippen LogP contribution in [0.25, 0.3) is 0 Å². The van der Waals surface area contributed by atoms with Gasteiger partial charge >= 0.3 is 0 Å². The van der Waals surface area contributed by atoms with Gasteiger partial charge in [-0.3, -0.25) is 0 Å². The number of hydrogen-bond acceptors (Lipinski definition) is 3. The minimum atomic E-state index is 0. The molecule has 0 amide bonds. The summed E-state index contributed by atoms with van der Waals surface area (Å²) in [4.78, 5) is 6.78. The normalized spacial score (nSPS) is 11.2. The summed E-state index contributed by atoms with van der Waals surface area (Å²) < 4.78 is 5.32. The van der Waals surface area contributed by atoms with Crippen molar-refractivity contribution in [1.82, 2.24) is 15.5 Å². The zero-order valence-electron chi connectivity index (χ0n) is 14.6. The molecule has 5 nitrogen and oxygen atoms in total. The molecule has 0 fully saturated rings. The molecule has 1 heterocycles. The van der Waals surface area contributed by atoms with Crippen molar-refractivity contribution < 1.29 is 4.42 Å². The van der Waals surface area contributed by atoms with Crippen LogP contribution >= 0.6 is 24.0 Å². The third kappa shape index (κ3) is 7.35. The quantitative estimate of drug-likeness (QED) is 0.393. The summed E-state index contributed by atoms with van der Waals surface area (Å²) in [6.45, 7) is 5.11. The molecule has 0 radical (unpaired) electrons. The van der Waals surface area contributed by atoms with Gasteiger partial charge in [-0.25, -0.2) is 4.99 Å². The van der Waals surface area contributed by atoms with Crippen LogP contribution in [-0.2, 0) is 19.6 Å². The molecule has 2 rings (SSSR count). The first-order valence-corrected chi connectivity index (χ1v) is 7.94. The van der Waals surface area contributed by atoms with Crippen LogP contribution in [0.4, 0.5) is 0 Å². The Morgan fingerprint density at radius 1 is 1.08 bits per heavy atom. The van der Waals surface area contributed by atoms with E-state index in [0.29, 0.717) is 13.1 Å². The molecule has 0 aliphatic heterocycles. The van der Waals surface area contributed by atoms with E-state index >= 15 is 0 Å². The van der Waals surface area contributed by atoms with Gasteiger partial charge in [0.2, 0.25) is 0 Å². The number of nitrogens with one attached hydrogen (secondary N) is 2. The highest BCUT2D eigenvalue weighted by Crippen LogP contribution is 2.07. The molecular weight excluding hydrogens is 415 g/mol. The average Bonchev–Trinajstić information content (AvgIpc) is 3.04. The molecule has 0 aliphatic rings. The van der Waals surface area contributed by atoms with Crippen molar-refractivity contribution >= 4 is 29.9 Å². The minimum Gasteiger partial charge on any atom is -0.467 e. The highest BCUT2D eigenvalue weighted by molar-refractivity contribution is 14.0. The van der Waals surface area contributed by atoms with Crippen LogP contribution in [-0.4, -0.2) is 31.5 Å². The molecule has 2 aromatic rings. The molecule has 1 aromatic carbocycles. The second-order valence-electron chi connectivity index (χ2n) is 5.68. The number of aliphatic imine (C=N–C) groups is 1. The highest BCUT2D eigenvalue weighted by atomic mass is 127. The molecule has 132 valence electrons. The van der Waals surface area contributed by atoms with E-state index in [4.69, 9.17) is 4.42 Å². The molecule has 1 aromatic heterocycles. The van der Waals surface area contributed by atoms with Crippen LogP contribution in [0.15, 0.2) is 52.1 Å². The number of furan rings is 1. The number of guanidine groups is 1. The van der Waals surface area contributed by atoms with Gasteiger partial charge in [0, 0.05) is 13.1 Å². The van der Waals surface area contributed by atoms with E-state index in [1.807, 2.05) is 12.1 Å². The Morgan fingerprint density at radius 3 is 2.38 bits per heavy atom. The average molecular weight is 442 g/mol. The summed E-state index contributed by atoms with van der Waals surface area (Å²) in [5.74, 6) is 1.69. The van der Waals surface area contributed by atoms with Gasteiger partial charge in [-0.05, 0) is 44.3 Å². The summed E-state index contributed by atoms with van der Waals surface area (Å²) >= 11 is 0. The van der Waals surface area contributed by atoms with Crippen molar-refractivity contribution in [2.75, 3.05) is 20.6 Å². The van der Waals surface area contributed by atoms with Gasteiger partial charge in [0.1, 0.15) is 5.76 Å². The van der Waals surface area contributed by atoms with Gasteiger partial charge in [-0.15, -0.1) is 24.0 Å². The highest BCUT2D eigenvalue weighted by Gasteiger charge is 2.01. The molecule has 0 atom stereocenters. The van der Waals surface area contributed by atoms with Gasteiger partial charge in [-0.1, -0.05) is 24.3 Å². The molecule has 0 aliphatic carbocycles. The topological polar surface area (TPSA) is 52.8 Å². The Kier molecular flexibility index (Phi) is 9.48. The fourth-order valence-corrected chi connectivity index (χ4v) is 2.21. The van der Waals surface area contributed by atoms with Crippen LogP contribution in [0, 0.1) is 0 Å². The Balaban J connectivity index is 0.00000288. The maximum absolute atomic E-state index is 5.32. The van der Waals surface area contributed by atoms with Crippen LogP contribution in [0.2, 0.25) is 0 Å². The predicted octanol–water partition coefficient (Wildman–Crippen LogP) is 3.21. The maximum atomic E-state index is 5.32. The number of halogens is 1. The SMILES string of the molecule is CCNC(=NCc1ccc(CN(C)C)cc1)NCc1ccco1.I. The van der Waals surface area contributed by atoms with E-state index in [0.717, 1.165) is 24.8 Å². The molecule has 0 saturated carbocycles. The number of nitrogens with zero attached hydrogens (tertiary/aromatic N) is 2. The van der Waals surface area contributed by atoms with Crippen molar-refractivity contribution in [1.29, 1.82) is 0 Å². The van der Waals surface area contributed by atoms with Crippen molar-refractivity contribution in [2.45, 2.75) is 26.6 Å². The van der Waals surface area contributed by atoms with E-state index < -0.39 is 0 Å². The lowest BCUT2D eigenvalue weighted by atomic mass is 10.1. The molecule has 0 bridgehead atoms. The molecule has 0 unspecified atom stereocenters. The van der Waals surface area contributed by atoms with Crippen molar-refractivity contribution in [3.63, 3.8) is 0 Å². The second kappa shape index (κ2) is 11.1. The van der Waals surface area contributed by atoms with Crippen LogP contribution in [0.3, 0.4) is 0 Å². The van der Waals surface area contributed by atoms with Crippen molar-refractivity contribution in [3.8, 4) is 0 Å². The van der Waals surface area contributed by atoms with Gasteiger partial charge in [0.25, 0.3) is 0 Å². The van der Waals surface area contributed by atoms with E-state index in [9.17, 15) is 0 Å². The van der Waals surface area contributed by atoms with E-state index in [1.165, 1.54) is 11.1 Å². The largest absolute Gasteiger partial charge is 0.467 e. The summed E-state index contributed by atoms with van der Waals surface area (Å²) in [6.07, 6.45) is 1.68. The van der Waals surface area contributed by atoms with E-state index in [1.54, 1.807) is 6.26 Å². The fourth-order valence-electron chi connectivity index (χ4n) is 2.21. The Labute approximate surface area is 161 Å². The Morgan fingerprint density at radius 2 is 1.79 bits per heavy atom. The summed E-state index contributed by atoms with van der Waals surface area (Å²) in [7, 11) is 4.15. The van der Waals surface area contributed by atoms with Crippen LogP contribution in [0.1, 0.15) is 23.8 Å². The molecule has 0 spiro atoms.